The zero-order chi connectivity index (χ0) is 6.32. The molecule has 3 rings (SSSR count). The quantitative estimate of drug-likeness (QED) is 0.353. The topological polar surface area (TPSA) is 23.1 Å². The molecule has 0 aromatic heterocycles. The van der Waals surface area contributed by atoms with Crippen LogP contribution in [0.3, 0.4) is 0 Å². The maximum absolute atomic E-state index is 11.4. The van der Waals surface area contributed by atoms with E-state index in [2.05, 4.69) is 6.08 Å². The number of nitrogens with zero attached hydrogens (tertiary/aromatic N) is 1. The summed E-state index contributed by atoms with van der Waals surface area (Å²) in [5.41, 5.74) is 0. The second kappa shape index (κ2) is 1.58. The molecule has 0 unspecified atom stereocenters. The fourth-order valence-corrected chi connectivity index (χ4v) is 1.64. The van der Waals surface area contributed by atoms with Gasteiger partial charge in [0.05, 0.1) is 19.3 Å². The van der Waals surface area contributed by atoms with Crippen molar-refractivity contribution in [2.24, 2.45) is 5.92 Å². The van der Waals surface area contributed by atoms with Gasteiger partial charge in [-0.2, -0.15) is 0 Å². The normalized spacial score (nSPS) is 47.9. The van der Waals surface area contributed by atoms with Gasteiger partial charge in [-0.15, -0.1) is 0 Å². The minimum absolute atomic E-state index is 0.0451. The van der Waals surface area contributed by atoms with Crippen LogP contribution in [0.2, 0.25) is 0 Å². The van der Waals surface area contributed by atoms with Gasteiger partial charge in [-0.1, -0.05) is 0 Å². The predicted molar refractivity (Wildman–Crippen MR) is 35.2 cm³/mol. The number of allylic oxidation sites excluding steroid dienone is 1. The lowest BCUT2D eigenvalue weighted by atomic mass is 9.93. The number of quaternary nitrogens is 1. The molecule has 50 valence electrons. The molecule has 0 aromatic rings. The van der Waals surface area contributed by atoms with Gasteiger partial charge >= 0.3 is 0 Å². The van der Waals surface area contributed by atoms with Gasteiger partial charge < -0.3 is 9.85 Å². The molecule has 0 aromatic carbocycles. The number of fused-ring (bicyclic) bond motifs is 2. The van der Waals surface area contributed by atoms with Crippen LogP contribution >= 0.6 is 0 Å². The third kappa shape index (κ3) is 0.787. The maximum atomic E-state index is 11.4. The molecule has 0 amide bonds. The number of hydrogen-bond acceptors (Lipinski definition) is 1. The molecule has 0 aliphatic carbocycles. The summed E-state index contributed by atoms with van der Waals surface area (Å²) in [6.45, 7) is 1.64. The average Bonchev–Trinajstić information content (AvgIpc) is 1.90. The van der Waals surface area contributed by atoms with E-state index in [0.29, 0.717) is 0 Å². The largest absolute Gasteiger partial charge is 0.628 e. The zero-order valence-electron chi connectivity index (χ0n) is 5.42. The second-order valence-electron chi connectivity index (χ2n) is 3.08. The van der Waals surface area contributed by atoms with Crippen molar-refractivity contribution in [1.82, 2.24) is 0 Å². The second-order valence-corrected chi connectivity index (χ2v) is 3.08. The van der Waals surface area contributed by atoms with Crippen molar-refractivity contribution >= 4 is 0 Å². The van der Waals surface area contributed by atoms with E-state index >= 15 is 0 Å². The molecule has 3 heterocycles. The Balaban J connectivity index is 2.28. The van der Waals surface area contributed by atoms with E-state index in [1.54, 1.807) is 0 Å². The predicted octanol–water partition coefficient (Wildman–Crippen LogP) is 1.24. The van der Waals surface area contributed by atoms with Crippen LogP contribution in [-0.4, -0.2) is 17.7 Å². The lowest BCUT2D eigenvalue weighted by molar-refractivity contribution is -0.840. The third-order valence-corrected chi connectivity index (χ3v) is 2.39. The molecule has 0 spiro atoms. The SMILES string of the molecule is [O-][N+]12C=CC(CC1)CC2. The van der Waals surface area contributed by atoms with E-state index in [-0.39, 0.29) is 4.65 Å². The minimum atomic E-state index is -0.0451. The summed E-state index contributed by atoms with van der Waals surface area (Å²) in [6, 6.07) is 0. The van der Waals surface area contributed by atoms with Crippen LogP contribution < -0.4 is 0 Å². The Morgan fingerprint density at radius 3 is 2.22 bits per heavy atom. The molecule has 2 nitrogen and oxygen atoms in total. The Labute approximate surface area is 54.9 Å². The average molecular weight is 125 g/mol. The van der Waals surface area contributed by atoms with Crippen molar-refractivity contribution in [2.45, 2.75) is 12.8 Å². The summed E-state index contributed by atoms with van der Waals surface area (Å²) in [6.07, 6.45) is 6.12. The molecular formula is C7H11NO. The number of rotatable bonds is 0. The fraction of sp³-hybridized carbons (Fsp3) is 0.714. The monoisotopic (exact) mass is 125 g/mol. The lowest BCUT2D eigenvalue weighted by Crippen LogP contribution is -2.46. The molecule has 3 aliphatic heterocycles. The third-order valence-electron chi connectivity index (χ3n) is 2.39. The standard InChI is InChI=1S/C7H11NO/c9-8-4-1-7(2-5-8)3-6-8/h1,4,7H,2-3,5-6H2. The first-order valence-electron chi connectivity index (χ1n) is 3.56. The molecule has 9 heavy (non-hydrogen) atoms. The summed E-state index contributed by atoms with van der Waals surface area (Å²) < 4.78 is -0.0451. The Hall–Kier alpha value is -0.340. The van der Waals surface area contributed by atoms with Crippen molar-refractivity contribution in [3.05, 3.63) is 17.5 Å². The summed E-state index contributed by atoms with van der Waals surface area (Å²) in [5, 5.41) is 11.4. The van der Waals surface area contributed by atoms with Gasteiger partial charge in [-0.3, -0.25) is 0 Å². The van der Waals surface area contributed by atoms with E-state index in [1.165, 1.54) is 0 Å². The Morgan fingerprint density at radius 2 is 2.00 bits per heavy atom. The van der Waals surface area contributed by atoms with Crippen LogP contribution in [0, 0.1) is 11.1 Å². The lowest BCUT2D eigenvalue weighted by Gasteiger charge is -2.47. The Morgan fingerprint density at radius 1 is 1.33 bits per heavy atom. The molecular weight excluding hydrogens is 114 g/mol. The van der Waals surface area contributed by atoms with Crippen LogP contribution in [0.5, 0.6) is 0 Å². The van der Waals surface area contributed by atoms with Crippen LogP contribution in [0.4, 0.5) is 0 Å². The van der Waals surface area contributed by atoms with E-state index in [9.17, 15) is 5.21 Å². The minimum Gasteiger partial charge on any atom is -0.628 e. The fourth-order valence-electron chi connectivity index (χ4n) is 1.64. The highest BCUT2D eigenvalue weighted by Gasteiger charge is 2.28. The highest BCUT2D eigenvalue weighted by molar-refractivity contribution is 4.92. The van der Waals surface area contributed by atoms with E-state index < -0.39 is 0 Å². The van der Waals surface area contributed by atoms with Crippen molar-refractivity contribution in [3.63, 3.8) is 0 Å². The Bertz CT molecular complexity index is 145. The molecule has 0 N–H and O–H groups in total. The molecule has 2 bridgehead atoms. The summed E-state index contributed by atoms with van der Waals surface area (Å²) >= 11 is 0. The van der Waals surface area contributed by atoms with Crippen molar-refractivity contribution < 1.29 is 4.65 Å². The molecule has 3 aliphatic rings. The highest BCUT2D eigenvalue weighted by atomic mass is 16.5. The van der Waals surface area contributed by atoms with Crippen molar-refractivity contribution in [3.8, 4) is 0 Å². The van der Waals surface area contributed by atoms with Gasteiger partial charge in [0.1, 0.15) is 0 Å². The first-order chi connectivity index (χ1) is 4.29. The van der Waals surface area contributed by atoms with Gasteiger partial charge in [-0.05, 0) is 12.0 Å². The highest BCUT2D eigenvalue weighted by Crippen LogP contribution is 2.29. The summed E-state index contributed by atoms with van der Waals surface area (Å²) in [5.74, 6) is 0.735. The van der Waals surface area contributed by atoms with Crippen LogP contribution in [0.25, 0.3) is 0 Å². The van der Waals surface area contributed by atoms with Gasteiger partial charge in [0.15, 0.2) is 0 Å². The van der Waals surface area contributed by atoms with Gasteiger partial charge in [0.25, 0.3) is 0 Å². The van der Waals surface area contributed by atoms with Gasteiger partial charge in [0, 0.05) is 12.8 Å². The van der Waals surface area contributed by atoms with Crippen LogP contribution in [-0.2, 0) is 0 Å². The number of hydrogen-bond donors (Lipinski definition) is 0. The molecule has 0 atom stereocenters. The van der Waals surface area contributed by atoms with Crippen molar-refractivity contribution in [1.29, 1.82) is 0 Å². The summed E-state index contributed by atoms with van der Waals surface area (Å²) in [7, 11) is 0. The smallest absolute Gasteiger partial charge is 0.0921 e. The maximum Gasteiger partial charge on any atom is 0.0921 e. The molecule has 2 heteroatoms. The Kier molecular flexibility index (Phi) is 0.957. The van der Waals surface area contributed by atoms with E-state index in [1.807, 2.05) is 6.20 Å². The molecule has 0 saturated carbocycles. The first kappa shape index (κ1) is 5.45. The zero-order valence-corrected chi connectivity index (χ0v) is 5.42. The van der Waals surface area contributed by atoms with E-state index in [4.69, 9.17) is 0 Å². The molecule has 1 fully saturated rings. The molecule has 0 radical (unpaired) electrons. The van der Waals surface area contributed by atoms with Gasteiger partial charge in [0.2, 0.25) is 0 Å². The number of hydroxylamine groups is 3. The number of piperidine rings is 1. The van der Waals surface area contributed by atoms with Gasteiger partial charge in [-0.25, -0.2) is 0 Å². The molecule has 1 saturated heterocycles. The van der Waals surface area contributed by atoms with Crippen LogP contribution in [0.1, 0.15) is 12.8 Å². The first-order valence-corrected chi connectivity index (χ1v) is 3.56. The van der Waals surface area contributed by atoms with Crippen molar-refractivity contribution in [2.75, 3.05) is 13.1 Å². The van der Waals surface area contributed by atoms with Crippen LogP contribution in [0.15, 0.2) is 12.3 Å². The van der Waals surface area contributed by atoms with E-state index in [0.717, 1.165) is 31.8 Å². The summed E-state index contributed by atoms with van der Waals surface area (Å²) in [4.78, 5) is 0.